The number of carboxylic acid groups (broad SMARTS) is 1. The maximum Gasteiger partial charge on any atom is 0.328 e. The van der Waals surface area contributed by atoms with Crippen LogP contribution in [0, 0.1) is 0 Å². The number of carboxylic acids is 1. The first-order chi connectivity index (χ1) is 9.13. The summed E-state index contributed by atoms with van der Waals surface area (Å²) in [5.41, 5.74) is 0.797. The molecule has 0 saturated heterocycles. The van der Waals surface area contributed by atoms with Gasteiger partial charge in [-0.05, 0) is 48.0 Å². The molecular formula is C15H11ClO3. The predicted molar refractivity (Wildman–Crippen MR) is 74.6 cm³/mol. The fraction of sp³-hybridized carbons (Fsp3) is 0. The van der Waals surface area contributed by atoms with Crippen molar-refractivity contribution >= 4 is 23.6 Å². The Morgan fingerprint density at radius 1 is 1.00 bits per heavy atom. The second-order valence-corrected chi connectivity index (χ2v) is 4.23. The summed E-state index contributed by atoms with van der Waals surface area (Å²) in [6.45, 7) is 0. The van der Waals surface area contributed by atoms with Crippen LogP contribution in [0.1, 0.15) is 5.56 Å². The highest BCUT2D eigenvalue weighted by molar-refractivity contribution is 6.30. The molecule has 1 N–H and O–H groups in total. The fourth-order valence-corrected chi connectivity index (χ4v) is 1.58. The van der Waals surface area contributed by atoms with Crippen LogP contribution >= 0.6 is 11.6 Å². The molecule has 0 amide bonds. The maximum absolute atomic E-state index is 10.4. The zero-order chi connectivity index (χ0) is 13.7. The Morgan fingerprint density at radius 3 is 2.05 bits per heavy atom. The fourth-order valence-electron chi connectivity index (χ4n) is 1.45. The van der Waals surface area contributed by atoms with Crippen molar-refractivity contribution < 1.29 is 14.6 Å². The molecule has 0 atom stereocenters. The lowest BCUT2D eigenvalue weighted by molar-refractivity contribution is -0.131. The van der Waals surface area contributed by atoms with Gasteiger partial charge in [0.25, 0.3) is 0 Å². The number of hydrogen-bond acceptors (Lipinski definition) is 2. The highest BCUT2D eigenvalue weighted by Gasteiger charge is 1.97. The zero-order valence-corrected chi connectivity index (χ0v) is 10.7. The topological polar surface area (TPSA) is 46.5 Å². The number of halogens is 1. The summed E-state index contributed by atoms with van der Waals surface area (Å²) < 4.78 is 5.61. The quantitative estimate of drug-likeness (QED) is 0.849. The number of benzene rings is 2. The second-order valence-electron chi connectivity index (χ2n) is 3.80. The third kappa shape index (κ3) is 4.16. The Balaban J connectivity index is 2.06. The maximum atomic E-state index is 10.4. The molecule has 2 rings (SSSR count). The predicted octanol–water partition coefficient (Wildman–Crippen LogP) is 4.23. The molecule has 0 aromatic heterocycles. The van der Waals surface area contributed by atoms with Crippen molar-refractivity contribution in [3.05, 3.63) is 65.2 Å². The van der Waals surface area contributed by atoms with Crippen molar-refractivity contribution in [3.8, 4) is 11.5 Å². The monoisotopic (exact) mass is 274 g/mol. The van der Waals surface area contributed by atoms with Crippen LogP contribution in [-0.4, -0.2) is 11.1 Å². The van der Waals surface area contributed by atoms with Gasteiger partial charge in [0.15, 0.2) is 0 Å². The average molecular weight is 275 g/mol. The number of hydrogen-bond donors (Lipinski definition) is 1. The summed E-state index contributed by atoms with van der Waals surface area (Å²) in [6, 6.07) is 14.2. The lowest BCUT2D eigenvalue weighted by Crippen LogP contribution is -1.86. The Labute approximate surface area is 115 Å². The molecule has 0 aliphatic rings. The smallest absolute Gasteiger partial charge is 0.328 e. The minimum atomic E-state index is -0.971. The van der Waals surface area contributed by atoms with Gasteiger partial charge >= 0.3 is 5.97 Å². The minimum Gasteiger partial charge on any atom is -0.478 e. The van der Waals surface area contributed by atoms with E-state index in [0.717, 1.165) is 11.6 Å². The standard InChI is InChI=1S/C15H11ClO3/c16-12-4-8-14(9-5-12)19-13-6-1-11(2-7-13)3-10-15(17)18/h1-10H,(H,17,18)/b10-3+. The van der Waals surface area contributed by atoms with Crippen molar-refractivity contribution in [2.45, 2.75) is 0 Å². The molecule has 0 bridgehead atoms. The van der Waals surface area contributed by atoms with Crippen LogP contribution in [0.5, 0.6) is 11.5 Å². The number of carbonyl (C=O) groups is 1. The molecule has 0 heterocycles. The molecule has 0 unspecified atom stereocenters. The summed E-state index contributed by atoms with van der Waals surface area (Å²) in [5, 5.41) is 9.18. The van der Waals surface area contributed by atoms with Gasteiger partial charge in [-0.1, -0.05) is 23.7 Å². The van der Waals surface area contributed by atoms with Crippen LogP contribution in [-0.2, 0) is 4.79 Å². The van der Waals surface area contributed by atoms with Gasteiger partial charge in [0, 0.05) is 11.1 Å². The van der Waals surface area contributed by atoms with Crippen molar-refractivity contribution in [1.29, 1.82) is 0 Å². The number of aliphatic carboxylic acids is 1. The van der Waals surface area contributed by atoms with Gasteiger partial charge in [-0.25, -0.2) is 4.79 Å². The van der Waals surface area contributed by atoms with Crippen LogP contribution in [0.15, 0.2) is 54.6 Å². The van der Waals surface area contributed by atoms with Crippen LogP contribution in [0.2, 0.25) is 5.02 Å². The number of ether oxygens (including phenoxy) is 1. The minimum absolute atomic E-state index is 0.654. The van der Waals surface area contributed by atoms with Gasteiger partial charge in [0.1, 0.15) is 11.5 Å². The summed E-state index contributed by atoms with van der Waals surface area (Å²) in [7, 11) is 0. The van der Waals surface area contributed by atoms with Gasteiger partial charge < -0.3 is 9.84 Å². The van der Waals surface area contributed by atoms with Crippen LogP contribution in [0.3, 0.4) is 0 Å². The summed E-state index contributed by atoms with van der Waals surface area (Å²) in [5.74, 6) is 0.398. The molecule has 96 valence electrons. The Morgan fingerprint density at radius 2 is 1.53 bits per heavy atom. The van der Waals surface area contributed by atoms with E-state index in [1.54, 1.807) is 48.5 Å². The van der Waals surface area contributed by atoms with Crippen molar-refractivity contribution in [2.24, 2.45) is 0 Å². The molecule has 19 heavy (non-hydrogen) atoms. The van der Waals surface area contributed by atoms with E-state index >= 15 is 0 Å². The number of rotatable bonds is 4. The van der Waals surface area contributed by atoms with E-state index in [1.807, 2.05) is 0 Å². The molecule has 0 spiro atoms. The summed E-state index contributed by atoms with van der Waals surface area (Å²) in [4.78, 5) is 10.4. The molecular weight excluding hydrogens is 264 g/mol. The van der Waals surface area contributed by atoms with Gasteiger partial charge in [0.05, 0.1) is 0 Å². The van der Waals surface area contributed by atoms with E-state index in [0.29, 0.717) is 16.5 Å². The molecule has 0 fully saturated rings. The summed E-state index contributed by atoms with van der Waals surface area (Å²) in [6.07, 6.45) is 2.61. The van der Waals surface area contributed by atoms with Crippen molar-refractivity contribution in [1.82, 2.24) is 0 Å². The highest BCUT2D eigenvalue weighted by Crippen LogP contribution is 2.23. The van der Waals surface area contributed by atoms with Crippen LogP contribution in [0.25, 0.3) is 6.08 Å². The third-order valence-corrected chi connectivity index (χ3v) is 2.60. The first kappa shape index (κ1) is 13.2. The lowest BCUT2D eigenvalue weighted by atomic mass is 10.2. The van der Waals surface area contributed by atoms with E-state index in [1.165, 1.54) is 6.08 Å². The zero-order valence-electron chi connectivity index (χ0n) is 9.92. The first-order valence-electron chi connectivity index (χ1n) is 5.58. The van der Waals surface area contributed by atoms with Gasteiger partial charge in [0.2, 0.25) is 0 Å². The Hall–Kier alpha value is -2.26. The lowest BCUT2D eigenvalue weighted by Gasteiger charge is -2.05. The van der Waals surface area contributed by atoms with Gasteiger partial charge in [-0.15, -0.1) is 0 Å². The van der Waals surface area contributed by atoms with Crippen molar-refractivity contribution in [3.63, 3.8) is 0 Å². The molecule has 0 saturated carbocycles. The molecule has 2 aromatic carbocycles. The largest absolute Gasteiger partial charge is 0.478 e. The van der Waals surface area contributed by atoms with E-state index in [9.17, 15) is 4.79 Å². The van der Waals surface area contributed by atoms with Crippen molar-refractivity contribution in [2.75, 3.05) is 0 Å². The molecule has 0 aliphatic carbocycles. The van der Waals surface area contributed by atoms with Crippen LogP contribution in [0.4, 0.5) is 0 Å². The first-order valence-corrected chi connectivity index (χ1v) is 5.96. The van der Waals surface area contributed by atoms with E-state index in [2.05, 4.69) is 0 Å². The normalized spacial score (nSPS) is 10.6. The molecule has 4 heteroatoms. The molecule has 2 aromatic rings. The molecule has 0 radical (unpaired) electrons. The van der Waals surface area contributed by atoms with Crippen LogP contribution < -0.4 is 4.74 Å². The van der Waals surface area contributed by atoms with E-state index in [4.69, 9.17) is 21.4 Å². The third-order valence-electron chi connectivity index (χ3n) is 2.35. The highest BCUT2D eigenvalue weighted by atomic mass is 35.5. The van der Waals surface area contributed by atoms with Gasteiger partial charge in [-0.2, -0.15) is 0 Å². The van der Waals surface area contributed by atoms with Gasteiger partial charge in [-0.3, -0.25) is 0 Å². The van der Waals surface area contributed by atoms with E-state index in [-0.39, 0.29) is 0 Å². The molecule has 0 aliphatic heterocycles. The Kier molecular flexibility index (Phi) is 4.21. The average Bonchev–Trinajstić information content (AvgIpc) is 2.40. The second kappa shape index (κ2) is 6.07. The van der Waals surface area contributed by atoms with E-state index < -0.39 is 5.97 Å². The SMILES string of the molecule is O=C(O)/C=C/c1ccc(Oc2ccc(Cl)cc2)cc1. The Bertz CT molecular complexity index is 586. The summed E-state index contributed by atoms with van der Waals surface area (Å²) >= 11 is 5.78. The molecule has 3 nitrogen and oxygen atoms in total.